The van der Waals surface area contributed by atoms with Crippen LogP contribution in [-0.2, 0) is 24.4 Å². The molecule has 12 nitrogen and oxygen atoms in total. The Balaban J connectivity index is 2.03. The van der Waals surface area contributed by atoms with Crippen LogP contribution in [0.25, 0.3) is 0 Å². The number of ether oxygens (including phenoxy) is 3. The van der Waals surface area contributed by atoms with Gasteiger partial charge in [0.25, 0.3) is 10.1 Å². The van der Waals surface area contributed by atoms with Crippen LogP contribution in [0.4, 0.5) is 5.69 Å². The predicted molar refractivity (Wildman–Crippen MR) is 150 cm³/mol. The van der Waals surface area contributed by atoms with Gasteiger partial charge in [0.2, 0.25) is 5.75 Å². The summed E-state index contributed by atoms with van der Waals surface area (Å²) in [5.41, 5.74) is -0.438. The SMILES string of the molecule is O=C(CCCOC(=O)c1ccc([N+](=O)[O-])c(OC(=O)c2cc(I)cc(I)c2I)c1)OCCS(=O)(=O)O. The number of carbonyl (C=O) groups excluding carboxylic acids is 3. The molecule has 0 unspecified atom stereocenters. The number of carbonyl (C=O) groups is 3. The lowest BCUT2D eigenvalue weighted by molar-refractivity contribution is -0.385. The van der Waals surface area contributed by atoms with E-state index in [0.717, 1.165) is 25.3 Å². The summed E-state index contributed by atoms with van der Waals surface area (Å²) in [5, 5.41) is 11.4. The normalized spacial score (nSPS) is 11.0. The predicted octanol–water partition coefficient (Wildman–Crippen LogP) is 4.00. The van der Waals surface area contributed by atoms with Crippen molar-refractivity contribution in [2.75, 3.05) is 19.0 Å². The molecular weight excluding hydrogens is 843 g/mol. The van der Waals surface area contributed by atoms with Crippen molar-refractivity contribution in [3.05, 3.63) is 62.3 Å². The number of nitro groups is 1. The Labute approximate surface area is 245 Å². The second kappa shape index (κ2) is 13.8. The molecule has 0 fully saturated rings. The summed E-state index contributed by atoms with van der Waals surface area (Å²) in [6, 6.07) is 6.59. The minimum atomic E-state index is -4.25. The Hall–Kier alpha value is -1.65. The van der Waals surface area contributed by atoms with Crippen molar-refractivity contribution in [1.29, 1.82) is 0 Å². The molecule has 2 rings (SSSR count). The zero-order chi connectivity index (χ0) is 27.0. The first-order valence-corrected chi connectivity index (χ1v) is 14.6. The molecule has 0 radical (unpaired) electrons. The third-order valence-electron chi connectivity index (χ3n) is 4.17. The molecule has 1 N–H and O–H groups in total. The zero-order valence-electron chi connectivity index (χ0n) is 17.9. The molecule has 2 aromatic carbocycles. The summed E-state index contributed by atoms with van der Waals surface area (Å²) >= 11 is 6.03. The van der Waals surface area contributed by atoms with E-state index in [0.29, 0.717) is 3.57 Å². The Morgan fingerprint density at radius 2 is 1.69 bits per heavy atom. The summed E-state index contributed by atoms with van der Waals surface area (Å²) in [4.78, 5) is 47.3. The van der Waals surface area contributed by atoms with Gasteiger partial charge in [-0.3, -0.25) is 19.5 Å². The number of halogens is 3. The standard InChI is InChI=1S/C20H16I3NO11S/c21-12-9-13(18(23)14(22)10-12)20(27)35-16-8-11(3-4-15(16)24(28)29)19(26)34-5-1-2-17(25)33-6-7-36(30,31)32/h3-4,8-10H,1-2,5-7H2,(H,30,31,32). The first-order valence-electron chi connectivity index (χ1n) is 9.71. The highest BCUT2D eigenvalue weighted by Gasteiger charge is 2.24. The molecular formula is C20H16I3NO11S. The highest BCUT2D eigenvalue weighted by molar-refractivity contribution is 14.1. The van der Waals surface area contributed by atoms with Gasteiger partial charge in [0.15, 0.2) is 0 Å². The summed E-state index contributed by atoms with van der Waals surface area (Å²) in [6.45, 7) is -0.723. The maximum Gasteiger partial charge on any atom is 0.344 e. The molecule has 0 saturated carbocycles. The largest absolute Gasteiger partial charge is 0.464 e. The number of hydrogen-bond donors (Lipinski definition) is 1. The fourth-order valence-corrected chi connectivity index (χ4v) is 5.20. The van der Waals surface area contributed by atoms with Crippen molar-refractivity contribution >= 4 is 101 Å². The number of rotatable bonds is 11. The van der Waals surface area contributed by atoms with E-state index in [2.05, 4.69) is 4.74 Å². The molecule has 0 saturated heterocycles. The highest BCUT2D eigenvalue weighted by atomic mass is 127. The summed E-state index contributed by atoms with van der Waals surface area (Å²) in [6.07, 6.45) is -0.135. The molecule has 0 heterocycles. The van der Waals surface area contributed by atoms with Crippen LogP contribution in [0.3, 0.4) is 0 Å². The quantitative estimate of drug-likeness (QED) is 0.0506. The van der Waals surface area contributed by atoms with Gasteiger partial charge in [-0.2, -0.15) is 8.42 Å². The number of esters is 3. The van der Waals surface area contributed by atoms with E-state index in [4.69, 9.17) is 14.0 Å². The van der Waals surface area contributed by atoms with Crippen molar-refractivity contribution in [3.8, 4) is 5.75 Å². The summed E-state index contributed by atoms with van der Waals surface area (Å²) < 4.78 is 46.8. The summed E-state index contributed by atoms with van der Waals surface area (Å²) in [5.74, 6) is -3.63. The topological polar surface area (TPSA) is 176 Å². The van der Waals surface area contributed by atoms with Crippen LogP contribution in [0, 0.1) is 20.8 Å². The second-order valence-electron chi connectivity index (χ2n) is 6.82. The first kappa shape index (κ1) is 30.6. The van der Waals surface area contributed by atoms with E-state index >= 15 is 0 Å². The molecule has 0 aromatic heterocycles. The Bertz CT molecular complexity index is 1300. The first-order chi connectivity index (χ1) is 16.8. The molecule has 36 heavy (non-hydrogen) atoms. The monoisotopic (exact) mass is 859 g/mol. The van der Waals surface area contributed by atoms with Crippen molar-refractivity contribution in [3.63, 3.8) is 0 Å². The molecule has 0 aliphatic heterocycles. The minimum absolute atomic E-state index is 0.0506. The third-order valence-corrected chi connectivity index (χ3v) is 8.52. The van der Waals surface area contributed by atoms with Gasteiger partial charge in [-0.05, 0) is 92.4 Å². The third kappa shape index (κ3) is 9.67. The Kier molecular flexibility index (Phi) is 11.7. The number of hydrogen-bond acceptors (Lipinski definition) is 10. The van der Waals surface area contributed by atoms with Crippen molar-refractivity contribution in [2.45, 2.75) is 12.8 Å². The van der Waals surface area contributed by atoms with Crippen LogP contribution >= 0.6 is 67.8 Å². The lowest BCUT2D eigenvalue weighted by Gasteiger charge is -2.10. The molecule has 0 atom stereocenters. The lowest BCUT2D eigenvalue weighted by atomic mass is 10.2. The van der Waals surface area contributed by atoms with Crippen LogP contribution in [-0.4, -0.2) is 54.8 Å². The van der Waals surface area contributed by atoms with Gasteiger partial charge in [0, 0.05) is 29.3 Å². The Morgan fingerprint density at radius 1 is 1.00 bits per heavy atom. The fourth-order valence-electron chi connectivity index (χ4n) is 2.53. The van der Waals surface area contributed by atoms with E-state index in [1.54, 1.807) is 6.07 Å². The number of nitro benzene ring substituents is 1. The second-order valence-corrected chi connectivity index (χ2v) is 11.9. The van der Waals surface area contributed by atoms with Crippen molar-refractivity contribution in [1.82, 2.24) is 0 Å². The molecule has 0 spiro atoms. The van der Waals surface area contributed by atoms with Gasteiger partial charge in [-0.1, -0.05) is 0 Å². The smallest absolute Gasteiger partial charge is 0.344 e. The zero-order valence-corrected chi connectivity index (χ0v) is 25.2. The molecule has 16 heteroatoms. The molecule has 0 aliphatic rings. The summed E-state index contributed by atoms with van der Waals surface area (Å²) in [7, 11) is -4.25. The molecule has 0 amide bonds. The number of benzene rings is 2. The van der Waals surface area contributed by atoms with Gasteiger partial charge >= 0.3 is 23.6 Å². The fraction of sp³-hybridized carbons (Fsp3) is 0.250. The Morgan fingerprint density at radius 3 is 2.33 bits per heavy atom. The van der Waals surface area contributed by atoms with Crippen LogP contribution in [0.5, 0.6) is 5.75 Å². The maximum atomic E-state index is 12.7. The van der Waals surface area contributed by atoms with Gasteiger partial charge < -0.3 is 14.2 Å². The van der Waals surface area contributed by atoms with Gasteiger partial charge in [0.1, 0.15) is 12.4 Å². The van der Waals surface area contributed by atoms with Crippen LogP contribution in [0.1, 0.15) is 33.6 Å². The van der Waals surface area contributed by atoms with Gasteiger partial charge in [-0.25, -0.2) is 9.59 Å². The molecule has 0 bridgehead atoms. The lowest BCUT2D eigenvalue weighted by Crippen LogP contribution is -2.15. The van der Waals surface area contributed by atoms with E-state index in [1.807, 2.05) is 73.8 Å². The van der Waals surface area contributed by atoms with Crippen molar-refractivity contribution in [2.24, 2.45) is 0 Å². The van der Waals surface area contributed by atoms with Crippen LogP contribution < -0.4 is 4.74 Å². The van der Waals surface area contributed by atoms with Crippen LogP contribution in [0.2, 0.25) is 0 Å². The highest BCUT2D eigenvalue weighted by Crippen LogP contribution is 2.30. The average Bonchev–Trinajstić information content (AvgIpc) is 2.77. The van der Waals surface area contributed by atoms with Crippen molar-refractivity contribution < 1.29 is 46.5 Å². The van der Waals surface area contributed by atoms with E-state index in [9.17, 15) is 32.9 Å². The van der Waals surface area contributed by atoms with Crippen LogP contribution in [0.15, 0.2) is 30.3 Å². The average molecular weight is 859 g/mol. The van der Waals surface area contributed by atoms with Gasteiger partial charge in [-0.15, -0.1) is 0 Å². The molecule has 2 aromatic rings. The molecule has 194 valence electrons. The van der Waals surface area contributed by atoms with E-state index in [-0.39, 0.29) is 30.6 Å². The number of nitrogens with zero attached hydrogens (tertiary/aromatic N) is 1. The van der Waals surface area contributed by atoms with E-state index < -0.39 is 56.7 Å². The van der Waals surface area contributed by atoms with Gasteiger partial charge in [0.05, 0.1) is 22.7 Å². The molecule has 0 aliphatic carbocycles. The maximum absolute atomic E-state index is 12.7. The van der Waals surface area contributed by atoms with E-state index in [1.165, 1.54) is 0 Å². The minimum Gasteiger partial charge on any atom is -0.464 e.